The molecule has 0 saturated carbocycles. The van der Waals surface area contributed by atoms with Crippen molar-refractivity contribution in [3.8, 4) is 0 Å². The maximum Gasteiger partial charge on any atom is 0.258 e. The van der Waals surface area contributed by atoms with Crippen molar-refractivity contribution in [2.24, 2.45) is 0 Å². The van der Waals surface area contributed by atoms with Gasteiger partial charge in [0.05, 0.1) is 4.90 Å². The van der Waals surface area contributed by atoms with Gasteiger partial charge in [-0.15, -0.1) is 0 Å². The highest BCUT2D eigenvalue weighted by Crippen LogP contribution is 2.30. The SMILES string of the molecule is Cc1cc(C(=O)N2CCc3ccccc32)cc(S(=O)(=O)N(C)C)c1C. The third-order valence-electron chi connectivity index (χ3n) is 4.76. The molecule has 0 bridgehead atoms. The highest BCUT2D eigenvalue weighted by Gasteiger charge is 2.28. The molecule has 6 heteroatoms. The molecule has 25 heavy (non-hydrogen) atoms. The van der Waals surface area contributed by atoms with E-state index in [9.17, 15) is 13.2 Å². The van der Waals surface area contributed by atoms with Crippen LogP contribution in [0.5, 0.6) is 0 Å². The molecule has 5 nitrogen and oxygen atoms in total. The number of fused-ring (bicyclic) bond motifs is 1. The van der Waals surface area contributed by atoms with Gasteiger partial charge in [0.1, 0.15) is 0 Å². The number of aryl methyl sites for hydroxylation is 1. The van der Waals surface area contributed by atoms with Gasteiger partial charge in [-0.1, -0.05) is 18.2 Å². The highest BCUT2D eigenvalue weighted by molar-refractivity contribution is 7.89. The number of carbonyl (C=O) groups excluding carboxylic acids is 1. The van der Waals surface area contributed by atoms with Crippen LogP contribution in [-0.4, -0.2) is 39.3 Å². The van der Waals surface area contributed by atoms with E-state index in [1.807, 2.05) is 31.2 Å². The molecule has 0 aliphatic carbocycles. The molecule has 0 aromatic heterocycles. The van der Waals surface area contributed by atoms with Crippen LogP contribution in [0.2, 0.25) is 0 Å². The molecule has 3 rings (SSSR count). The Morgan fingerprint density at radius 3 is 2.48 bits per heavy atom. The zero-order chi connectivity index (χ0) is 18.4. The molecule has 1 aliphatic heterocycles. The van der Waals surface area contributed by atoms with Crippen LogP contribution in [0.3, 0.4) is 0 Å². The van der Waals surface area contributed by atoms with Crippen molar-refractivity contribution in [1.82, 2.24) is 4.31 Å². The second-order valence-corrected chi connectivity index (χ2v) is 8.66. The van der Waals surface area contributed by atoms with E-state index in [1.165, 1.54) is 24.5 Å². The predicted molar refractivity (Wildman–Crippen MR) is 98.6 cm³/mol. The summed E-state index contributed by atoms with van der Waals surface area (Å²) in [5.41, 5.74) is 3.91. The quantitative estimate of drug-likeness (QED) is 0.848. The number of amides is 1. The number of benzene rings is 2. The average Bonchev–Trinajstić information content (AvgIpc) is 3.00. The van der Waals surface area contributed by atoms with Gasteiger partial charge in [0, 0.05) is 31.9 Å². The zero-order valence-electron chi connectivity index (χ0n) is 14.9. The largest absolute Gasteiger partial charge is 0.308 e. The van der Waals surface area contributed by atoms with Gasteiger partial charge in [-0.05, 0) is 55.2 Å². The fourth-order valence-corrected chi connectivity index (χ4v) is 4.34. The topological polar surface area (TPSA) is 57.7 Å². The summed E-state index contributed by atoms with van der Waals surface area (Å²) in [6.07, 6.45) is 0.815. The number of sulfonamides is 1. The molecular formula is C19H22N2O3S. The van der Waals surface area contributed by atoms with Crippen molar-refractivity contribution in [2.45, 2.75) is 25.2 Å². The number of para-hydroxylation sites is 1. The number of carbonyl (C=O) groups is 1. The Bertz CT molecular complexity index is 949. The molecule has 0 N–H and O–H groups in total. The molecule has 2 aromatic carbocycles. The van der Waals surface area contributed by atoms with Crippen molar-refractivity contribution in [1.29, 1.82) is 0 Å². The van der Waals surface area contributed by atoms with Crippen molar-refractivity contribution >= 4 is 21.6 Å². The lowest BCUT2D eigenvalue weighted by Crippen LogP contribution is -2.30. The molecule has 0 spiro atoms. The fraction of sp³-hybridized carbons (Fsp3) is 0.316. The summed E-state index contributed by atoms with van der Waals surface area (Å²) in [5.74, 6) is -0.164. The highest BCUT2D eigenvalue weighted by atomic mass is 32.2. The molecule has 0 radical (unpaired) electrons. The Balaban J connectivity index is 2.07. The number of hydrogen-bond donors (Lipinski definition) is 0. The first kappa shape index (κ1) is 17.6. The Hall–Kier alpha value is -2.18. The summed E-state index contributed by atoms with van der Waals surface area (Å²) in [5, 5.41) is 0. The molecule has 1 aliphatic rings. The van der Waals surface area contributed by atoms with Crippen molar-refractivity contribution in [3.05, 3.63) is 58.7 Å². The summed E-state index contributed by atoms with van der Waals surface area (Å²) in [6, 6.07) is 11.1. The van der Waals surface area contributed by atoms with Crippen LogP contribution >= 0.6 is 0 Å². The standard InChI is InChI=1S/C19H22N2O3S/c1-13-11-16(12-18(14(13)2)25(23,24)20(3)4)19(22)21-10-9-15-7-5-6-8-17(15)21/h5-8,11-12H,9-10H2,1-4H3. The van der Waals surface area contributed by atoms with Crippen LogP contribution in [0.25, 0.3) is 0 Å². The Labute approximate surface area is 148 Å². The van der Waals surface area contributed by atoms with Gasteiger partial charge in [-0.2, -0.15) is 0 Å². The Kier molecular flexibility index (Phi) is 4.43. The van der Waals surface area contributed by atoms with Gasteiger partial charge in [0.2, 0.25) is 10.0 Å². The third kappa shape index (κ3) is 2.96. The van der Waals surface area contributed by atoms with Crippen molar-refractivity contribution < 1.29 is 13.2 Å². The van der Waals surface area contributed by atoms with E-state index in [2.05, 4.69) is 0 Å². The minimum atomic E-state index is -3.61. The second-order valence-electron chi connectivity index (χ2n) is 6.54. The van der Waals surface area contributed by atoms with E-state index in [0.29, 0.717) is 17.7 Å². The van der Waals surface area contributed by atoms with Crippen LogP contribution in [0, 0.1) is 13.8 Å². The van der Waals surface area contributed by atoms with Crippen LogP contribution in [0.4, 0.5) is 5.69 Å². The number of nitrogens with zero attached hydrogens (tertiary/aromatic N) is 2. The van der Waals surface area contributed by atoms with Gasteiger partial charge in [0.25, 0.3) is 5.91 Å². The van der Waals surface area contributed by atoms with Gasteiger partial charge >= 0.3 is 0 Å². The summed E-state index contributed by atoms with van der Waals surface area (Å²) >= 11 is 0. The molecule has 0 fully saturated rings. The minimum Gasteiger partial charge on any atom is -0.308 e. The van der Waals surface area contributed by atoms with Crippen LogP contribution < -0.4 is 4.90 Å². The molecular weight excluding hydrogens is 336 g/mol. The van der Waals surface area contributed by atoms with Gasteiger partial charge in [-0.3, -0.25) is 4.79 Å². The summed E-state index contributed by atoms with van der Waals surface area (Å²) in [6.45, 7) is 4.21. The van der Waals surface area contributed by atoms with E-state index in [4.69, 9.17) is 0 Å². The second kappa shape index (κ2) is 6.28. The van der Waals surface area contributed by atoms with Crippen LogP contribution in [0.1, 0.15) is 27.0 Å². The number of rotatable bonds is 3. The predicted octanol–water partition coefficient (Wildman–Crippen LogP) is 2.76. The monoisotopic (exact) mass is 358 g/mol. The molecule has 0 atom stereocenters. The van der Waals surface area contributed by atoms with E-state index in [0.717, 1.165) is 23.2 Å². The number of hydrogen-bond acceptors (Lipinski definition) is 3. The normalized spacial score (nSPS) is 14.0. The lowest BCUT2D eigenvalue weighted by molar-refractivity contribution is 0.0989. The van der Waals surface area contributed by atoms with Crippen molar-refractivity contribution in [3.63, 3.8) is 0 Å². The maximum absolute atomic E-state index is 13.0. The van der Waals surface area contributed by atoms with Gasteiger partial charge in [-0.25, -0.2) is 12.7 Å². The van der Waals surface area contributed by atoms with Gasteiger partial charge < -0.3 is 4.90 Å². The molecule has 1 amide bonds. The molecule has 132 valence electrons. The minimum absolute atomic E-state index is 0.164. The molecule has 2 aromatic rings. The van der Waals surface area contributed by atoms with E-state index >= 15 is 0 Å². The van der Waals surface area contributed by atoms with Gasteiger partial charge in [0.15, 0.2) is 0 Å². The third-order valence-corrected chi connectivity index (χ3v) is 6.70. The summed E-state index contributed by atoms with van der Waals surface area (Å²) < 4.78 is 26.4. The van der Waals surface area contributed by atoms with E-state index in [1.54, 1.807) is 17.9 Å². The smallest absolute Gasteiger partial charge is 0.258 e. The lowest BCUT2D eigenvalue weighted by Gasteiger charge is -2.20. The first-order chi connectivity index (χ1) is 11.7. The van der Waals surface area contributed by atoms with E-state index < -0.39 is 10.0 Å². The summed E-state index contributed by atoms with van der Waals surface area (Å²) in [7, 11) is -0.617. The molecule has 0 saturated heterocycles. The Morgan fingerprint density at radius 1 is 1.12 bits per heavy atom. The van der Waals surface area contributed by atoms with Crippen molar-refractivity contribution in [2.75, 3.05) is 25.5 Å². The maximum atomic E-state index is 13.0. The Morgan fingerprint density at radius 2 is 1.80 bits per heavy atom. The zero-order valence-corrected chi connectivity index (χ0v) is 15.7. The number of anilines is 1. The van der Waals surface area contributed by atoms with Crippen LogP contribution in [0.15, 0.2) is 41.3 Å². The van der Waals surface area contributed by atoms with E-state index in [-0.39, 0.29) is 10.8 Å². The first-order valence-electron chi connectivity index (χ1n) is 8.17. The molecule has 0 unspecified atom stereocenters. The molecule has 1 heterocycles. The lowest BCUT2D eigenvalue weighted by atomic mass is 10.1. The average molecular weight is 358 g/mol. The van der Waals surface area contributed by atoms with Crippen LogP contribution in [-0.2, 0) is 16.4 Å². The fourth-order valence-electron chi connectivity index (χ4n) is 3.12. The first-order valence-corrected chi connectivity index (χ1v) is 9.61. The summed E-state index contributed by atoms with van der Waals surface area (Å²) in [4.78, 5) is 15.0.